The van der Waals surface area contributed by atoms with Crippen molar-refractivity contribution in [2.75, 3.05) is 11.6 Å². The predicted octanol–water partition coefficient (Wildman–Crippen LogP) is 2.40. The van der Waals surface area contributed by atoms with Gasteiger partial charge in [0.2, 0.25) is 0 Å². The Morgan fingerprint density at radius 1 is 1.17 bits per heavy atom. The second kappa shape index (κ2) is 4.91. The molecule has 0 bridgehead atoms. The second-order valence-electron chi connectivity index (χ2n) is 3.73. The molecule has 4 nitrogen and oxygen atoms in total. The molecule has 94 valence electrons. The molecule has 0 spiro atoms. The Kier molecular flexibility index (Phi) is 3.49. The van der Waals surface area contributed by atoms with Gasteiger partial charge in [-0.3, -0.25) is 4.79 Å². The molecular formula is C12H11NO3S2. The zero-order valence-electron chi connectivity index (χ0n) is 9.58. The minimum atomic E-state index is -3.20. The van der Waals surface area contributed by atoms with E-state index in [0.717, 1.165) is 6.26 Å². The van der Waals surface area contributed by atoms with Gasteiger partial charge < -0.3 is 5.32 Å². The molecule has 0 saturated carbocycles. The van der Waals surface area contributed by atoms with Gasteiger partial charge in [0.05, 0.1) is 9.77 Å². The van der Waals surface area contributed by atoms with Crippen LogP contribution in [0.15, 0.2) is 46.7 Å². The normalized spacial score (nSPS) is 11.2. The Balaban J connectivity index is 2.14. The number of carbonyl (C=O) groups excluding carboxylic acids is 1. The smallest absolute Gasteiger partial charge is 0.265 e. The maximum absolute atomic E-state index is 11.7. The summed E-state index contributed by atoms with van der Waals surface area (Å²) in [5, 5.41) is 4.52. The number of carbonyl (C=O) groups is 1. The first kappa shape index (κ1) is 12.8. The number of rotatable bonds is 3. The first-order valence-electron chi connectivity index (χ1n) is 5.12. The Morgan fingerprint density at radius 2 is 1.83 bits per heavy atom. The van der Waals surface area contributed by atoms with E-state index in [1.54, 1.807) is 24.3 Å². The average molecular weight is 281 g/mol. The first-order chi connectivity index (χ1) is 8.47. The highest BCUT2D eigenvalue weighted by Crippen LogP contribution is 2.16. The summed E-state index contributed by atoms with van der Waals surface area (Å²) in [4.78, 5) is 12.6. The van der Waals surface area contributed by atoms with E-state index >= 15 is 0 Å². The Labute approximate surface area is 109 Å². The number of nitrogens with one attached hydrogen (secondary N) is 1. The summed E-state index contributed by atoms with van der Waals surface area (Å²) in [5.74, 6) is -0.197. The van der Waals surface area contributed by atoms with Crippen LogP contribution in [0.3, 0.4) is 0 Å². The molecule has 1 N–H and O–H groups in total. The number of anilines is 1. The van der Waals surface area contributed by atoms with Crippen molar-refractivity contribution < 1.29 is 13.2 Å². The fourth-order valence-corrected chi connectivity index (χ4v) is 2.64. The van der Waals surface area contributed by atoms with Gasteiger partial charge in [-0.25, -0.2) is 8.42 Å². The zero-order chi connectivity index (χ0) is 13.2. The molecule has 1 amide bonds. The third-order valence-electron chi connectivity index (χ3n) is 2.29. The van der Waals surface area contributed by atoms with Crippen LogP contribution < -0.4 is 5.32 Å². The van der Waals surface area contributed by atoms with Crippen molar-refractivity contribution in [2.45, 2.75) is 4.90 Å². The summed E-state index contributed by atoms with van der Waals surface area (Å²) in [7, 11) is -3.20. The lowest BCUT2D eigenvalue weighted by Gasteiger charge is -2.04. The number of benzene rings is 1. The summed E-state index contributed by atoms with van der Waals surface area (Å²) < 4.78 is 22.5. The van der Waals surface area contributed by atoms with Gasteiger partial charge in [0.1, 0.15) is 0 Å². The summed E-state index contributed by atoms with van der Waals surface area (Å²) in [5.41, 5.74) is 0.570. The molecule has 0 aliphatic rings. The van der Waals surface area contributed by atoms with Crippen LogP contribution in [0.2, 0.25) is 0 Å². The predicted molar refractivity (Wildman–Crippen MR) is 71.8 cm³/mol. The molecule has 0 aliphatic carbocycles. The average Bonchev–Trinajstić information content (AvgIpc) is 2.82. The van der Waals surface area contributed by atoms with Crippen molar-refractivity contribution in [1.29, 1.82) is 0 Å². The Bertz CT molecular complexity index is 643. The number of hydrogen-bond acceptors (Lipinski definition) is 4. The second-order valence-corrected chi connectivity index (χ2v) is 6.69. The maximum atomic E-state index is 11.7. The lowest BCUT2D eigenvalue weighted by Crippen LogP contribution is -2.10. The molecule has 0 atom stereocenters. The molecule has 2 aromatic rings. The largest absolute Gasteiger partial charge is 0.321 e. The van der Waals surface area contributed by atoms with E-state index in [-0.39, 0.29) is 10.8 Å². The topological polar surface area (TPSA) is 63.2 Å². The lowest BCUT2D eigenvalue weighted by atomic mass is 10.3. The highest BCUT2D eigenvalue weighted by molar-refractivity contribution is 7.90. The first-order valence-corrected chi connectivity index (χ1v) is 7.89. The van der Waals surface area contributed by atoms with E-state index in [9.17, 15) is 13.2 Å². The Morgan fingerprint density at radius 3 is 2.33 bits per heavy atom. The zero-order valence-corrected chi connectivity index (χ0v) is 11.2. The van der Waals surface area contributed by atoms with Crippen molar-refractivity contribution in [2.24, 2.45) is 0 Å². The number of hydrogen-bond donors (Lipinski definition) is 1. The van der Waals surface area contributed by atoms with E-state index < -0.39 is 9.84 Å². The summed E-state index contributed by atoms with van der Waals surface area (Å²) in [6, 6.07) is 9.61. The highest BCUT2D eigenvalue weighted by Gasteiger charge is 2.09. The minimum Gasteiger partial charge on any atom is -0.321 e. The SMILES string of the molecule is CS(=O)(=O)c1ccc(NC(=O)c2cccs2)cc1. The van der Waals surface area contributed by atoms with Crippen LogP contribution in [0.5, 0.6) is 0 Å². The molecule has 18 heavy (non-hydrogen) atoms. The van der Waals surface area contributed by atoms with Crippen molar-refractivity contribution in [3.63, 3.8) is 0 Å². The van der Waals surface area contributed by atoms with Crippen molar-refractivity contribution in [1.82, 2.24) is 0 Å². The molecule has 1 heterocycles. The molecule has 1 aromatic heterocycles. The number of sulfone groups is 1. The third-order valence-corrected chi connectivity index (χ3v) is 4.28. The summed E-state index contributed by atoms with van der Waals surface area (Å²) >= 11 is 1.35. The van der Waals surface area contributed by atoms with E-state index in [0.29, 0.717) is 10.6 Å². The van der Waals surface area contributed by atoms with E-state index in [1.807, 2.05) is 5.38 Å². The molecule has 2 rings (SSSR count). The molecule has 0 fully saturated rings. The fraction of sp³-hybridized carbons (Fsp3) is 0.0833. The molecule has 0 saturated heterocycles. The molecule has 0 unspecified atom stereocenters. The van der Waals surface area contributed by atoms with Gasteiger partial charge in [0.25, 0.3) is 5.91 Å². The van der Waals surface area contributed by atoms with Gasteiger partial charge in [-0.1, -0.05) is 6.07 Å². The monoisotopic (exact) mass is 281 g/mol. The molecule has 6 heteroatoms. The van der Waals surface area contributed by atoms with Crippen molar-refractivity contribution >= 4 is 32.8 Å². The van der Waals surface area contributed by atoms with Gasteiger partial charge in [-0.15, -0.1) is 11.3 Å². The van der Waals surface area contributed by atoms with E-state index in [4.69, 9.17) is 0 Å². The standard InChI is InChI=1S/C12H11NO3S2/c1-18(15,16)10-6-4-9(5-7-10)13-12(14)11-3-2-8-17-11/h2-8H,1H3,(H,13,14). The van der Waals surface area contributed by atoms with Crippen molar-refractivity contribution in [3.05, 3.63) is 46.7 Å². The maximum Gasteiger partial charge on any atom is 0.265 e. The van der Waals surface area contributed by atoms with E-state index in [1.165, 1.54) is 23.5 Å². The number of amides is 1. The van der Waals surface area contributed by atoms with Crippen LogP contribution in [0.4, 0.5) is 5.69 Å². The van der Waals surface area contributed by atoms with Gasteiger partial charge in [-0.05, 0) is 35.7 Å². The fourth-order valence-electron chi connectivity index (χ4n) is 1.39. The highest BCUT2D eigenvalue weighted by atomic mass is 32.2. The van der Waals surface area contributed by atoms with Crippen LogP contribution in [-0.2, 0) is 9.84 Å². The van der Waals surface area contributed by atoms with Crippen LogP contribution in [0.25, 0.3) is 0 Å². The summed E-state index contributed by atoms with van der Waals surface area (Å²) in [6.45, 7) is 0. The van der Waals surface area contributed by atoms with Crippen molar-refractivity contribution in [3.8, 4) is 0 Å². The van der Waals surface area contributed by atoms with E-state index in [2.05, 4.69) is 5.32 Å². The van der Waals surface area contributed by atoms with Crippen LogP contribution in [0.1, 0.15) is 9.67 Å². The lowest BCUT2D eigenvalue weighted by molar-refractivity contribution is 0.103. The summed E-state index contributed by atoms with van der Waals surface area (Å²) in [6.07, 6.45) is 1.15. The molecular weight excluding hydrogens is 270 g/mol. The number of thiophene rings is 1. The third kappa shape index (κ3) is 2.96. The van der Waals surface area contributed by atoms with Crippen LogP contribution in [0, 0.1) is 0 Å². The molecule has 1 aromatic carbocycles. The van der Waals surface area contributed by atoms with Gasteiger partial charge >= 0.3 is 0 Å². The van der Waals surface area contributed by atoms with Gasteiger partial charge in [-0.2, -0.15) is 0 Å². The minimum absolute atomic E-state index is 0.197. The van der Waals surface area contributed by atoms with Crippen LogP contribution in [-0.4, -0.2) is 20.6 Å². The quantitative estimate of drug-likeness (QED) is 0.939. The Hall–Kier alpha value is -1.66. The van der Waals surface area contributed by atoms with Gasteiger partial charge in [0.15, 0.2) is 9.84 Å². The van der Waals surface area contributed by atoms with Gasteiger partial charge in [0, 0.05) is 11.9 Å². The molecule has 0 radical (unpaired) electrons. The van der Waals surface area contributed by atoms with Crippen LogP contribution >= 0.6 is 11.3 Å². The molecule has 0 aliphatic heterocycles.